The predicted molar refractivity (Wildman–Crippen MR) is 59.2 cm³/mol. The van der Waals surface area contributed by atoms with Gasteiger partial charge in [0.25, 0.3) is 0 Å². The fourth-order valence-corrected chi connectivity index (χ4v) is 1.75. The van der Waals surface area contributed by atoms with Crippen molar-refractivity contribution in [3.05, 3.63) is 30.3 Å². The van der Waals surface area contributed by atoms with Crippen molar-refractivity contribution in [1.82, 2.24) is 4.98 Å². The molecule has 0 spiro atoms. The second-order valence-corrected chi connectivity index (χ2v) is 3.76. The molecule has 3 nitrogen and oxygen atoms in total. The standard InChI is InChI=1S/C12H11N2O/c1-8-7-13-12-11(15-8)6-9-4-2-3-5-10(9)14-12/h2,4-6,8H,7H2,1H3,(H,13,14)/t8-/m1/s1. The maximum Gasteiger partial charge on any atom is 0.169 e. The Morgan fingerprint density at radius 1 is 1.60 bits per heavy atom. The molecule has 1 radical (unpaired) electrons. The minimum Gasteiger partial charge on any atom is -0.485 e. The molecule has 0 unspecified atom stereocenters. The van der Waals surface area contributed by atoms with Crippen molar-refractivity contribution < 1.29 is 4.74 Å². The molecule has 2 aromatic rings. The predicted octanol–water partition coefficient (Wildman–Crippen LogP) is 2.23. The van der Waals surface area contributed by atoms with Crippen LogP contribution < -0.4 is 10.1 Å². The van der Waals surface area contributed by atoms with Gasteiger partial charge in [-0.2, -0.15) is 0 Å². The van der Waals surface area contributed by atoms with E-state index >= 15 is 0 Å². The first-order valence-electron chi connectivity index (χ1n) is 5.04. The van der Waals surface area contributed by atoms with Gasteiger partial charge in [-0.25, -0.2) is 4.98 Å². The van der Waals surface area contributed by atoms with E-state index in [4.69, 9.17) is 4.74 Å². The van der Waals surface area contributed by atoms with Crippen molar-refractivity contribution in [1.29, 1.82) is 0 Å². The fourth-order valence-electron chi connectivity index (χ4n) is 1.75. The smallest absolute Gasteiger partial charge is 0.169 e. The molecule has 15 heavy (non-hydrogen) atoms. The first-order valence-corrected chi connectivity index (χ1v) is 5.04. The van der Waals surface area contributed by atoms with Gasteiger partial charge < -0.3 is 10.1 Å². The summed E-state index contributed by atoms with van der Waals surface area (Å²) in [6.07, 6.45) is 0.201. The Hall–Kier alpha value is -1.77. The van der Waals surface area contributed by atoms with E-state index in [1.807, 2.05) is 31.2 Å². The molecule has 1 aliphatic rings. The summed E-state index contributed by atoms with van der Waals surface area (Å²) in [5.41, 5.74) is 0.946. The van der Waals surface area contributed by atoms with Gasteiger partial charge in [0.2, 0.25) is 0 Å². The molecule has 1 aliphatic heterocycles. The number of nitrogens with one attached hydrogen (secondary N) is 1. The van der Waals surface area contributed by atoms with Crippen LogP contribution in [0, 0.1) is 6.07 Å². The lowest BCUT2D eigenvalue weighted by atomic mass is 10.2. The summed E-state index contributed by atoms with van der Waals surface area (Å²) in [4.78, 5) is 4.48. The van der Waals surface area contributed by atoms with Gasteiger partial charge in [0.05, 0.1) is 12.1 Å². The molecule has 1 N–H and O–H groups in total. The van der Waals surface area contributed by atoms with Gasteiger partial charge in [0, 0.05) is 5.39 Å². The van der Waals surface area contributed by atoms with Crippen molar-refractivity contribution in [3.8, 4) is 5.75 Å². The second kappa shape index (κ2) is 3.12. The monoisotopic (exact) mass is 199 g/mol. The first kappa shape index (κ1) is 8.53. The van der Waals surface area contributed by atoms with Crippen LogP contribution in [0.25, 0.3) is 10.9 Å². The van der Waals surface area contributed by atoms with E-state index < -0.39 is 0 Å². The molecule has 1 atom stereocenters. The molecule has 0 amide bonds. The number of nitrogens with zero attached hydrogens (tertiary/aromatic N) is 1. The molecule has 3 rings (SSSR count). The topological polar surface area (TPSA) is 34.2 Å². The van der Waals surface area contributed by atoms with E-state index in [0.29, 0.717) is 0 Å². The highest BCUT2D eigenvalue weighted by Gasteiger charge is 2.16. The molecule has 3 heteroatoms. The normalized spacial score (nSPS) is 19.1. The average Bonchev–Trinajstić information content (AvgIpc) is 2.26. The Morgan fingerprint density at radius 3 is 3.47 bits per heavy atom. The maximum atomic E-state index is 5.70. The number of rotatable bonds is 0. The highest BCUT2D eigenvalue weighted by molar-refractivity contribution is 5.83. The third-order valence-electron chi connectivity index (χ3n) is 2.51. The molecule has 75 valence electrons. The van der Waals surface area contributed by atoms with E-state index in [0.717, 1.165) is 29.0 Å². The zero-order valence-corrected chi connectivity index (χ0v) is 8.45. The quantitative estimate of drug-likeness (QED) is 0.706. The maximum absolute atomic E-state index is 5.70. The number of pyridine rings is 1. The lowest BCUT2D eigenvalue weighted by molar-refractivity contribution is 0.225. The minimum atomic E-state index is 0.201. The number of anilines is 1. The minimum absolute atomic E-state index is 0.201. The van der Waals surface area contributed by atoms with E-state index in [-0.39, 0.29) is 6.10 Å². The van der Waals surface area contributed by atoms with Crippen molar-refractivity contribution in [2.24, 2.45) is 0 Å². The SMILES string of the molecule is C[C@@H]1CNc2nc3c[c]ccc3cc2O1. The van der Waals surface area contributed by atoms with Crippen molar-refractivity contribution in [2.45, 2.75) is 13.0 Å². The third-order valence-corrected chi connectivity index (χ3v) is 2.51. The van der Waals surface area contributed by atoms with Crippen LogP contribution in [0.2, 0.25) is 0 Å². The van der Waals surface area contributed by atoms with Crippen LogP contribution >= 0.6 is 0 Å². The number of hydrogen-bond donors (Lipinski definition) is 1. The average molecular weight is 199 g/mol. The van der Waals surface area contributed by atoms with Crippen molar-refractivity contribution >= 4 is 16.7 Å². The molecule has 1 aromatic carbocycles. The lowest BCUT2D eigenvalue weighted by Crippen LogP contribution is -2.28. The van der Waals surface area contributed by atoms with Gasteiger partial charge in [-0.3, -0.25) is 0 Å². The van der Waals surface area contributed by atoms with Crippen LogP contribution in [-0.4, -0.2) is 17.6 Å². The Labute approximate surface area is 88.1 Å². The van der Waals surface area contributed by atoms with Crippen molar-refractivity contribution in [2.75, 3.05) is 11.9 Å². The van der Waals surface area contributed by atoms with Gasteiger partial charge in [0.15, 0.2) is 11.6 Å². The van der Waals surface area contributed by atoms with Crippen LogP contribution in [0.1, 0.15) is 6.92 Å². The Bertz CT molecular complexity index is 510. The van der Waals surface area contributed by atoms with Crippen LogP contribution in [0.3, 0.4) is 0 Å². The first-order chi connectivity index (χ1) is 7.33. The summed E-state index contributed by atoms with van der Waals surface area (Å²) in [6, 6.07) is 10.8. The summed E-state index contributed by atoms with van der Waals surface area (Å²) in [6.45, 7) is 2.85. The highest BCUT2D eigenvalue weighted by Crippen LogP contribution is 2.30. The molecule has 0 saturated heterocycles. The molecule has 0 fully saturated rings. The third kappa shape index (κ3) is 1.40. The van der Waals surface area contributed by atoms with Crippen LogP contribution in [-0.2, 0) is 0 Å². The van der Waals surface area contributed by atoms with Crippen LogP contribution in [0.4, 0.5) is 5.82 Å². The molecule has 0 saturated carbocycles. The van der Waals surface area contributed by atoms with E-state index in [1.165, 1.54) is 0 Å². The zero-order valence-electron chi connectivity index (χ0n) is 8.45. The van der Waals surface area contributed by atoms with E-state index in [9.17, 15) is 0 Å². The highest BCUT2D eigenvalue weighted by atomic mass is 16.5. The molecule has 1 aromatic heterocycles. The van der Waals surface area contributed by atoms with Gasteiger partial charge in [-0.1, -0.05) is 12.1 Å². The molecule has 2 heterocycles. The number of benzene rings is 1. The summed E-state index contributed by atoms with van der Waals surface area (Å²) >= 11 is 0. The largest absolute Gasteiger partial charge is 0.485 e. The van der Waals surface area contributed by atoms with E-state index in [2.05, 4.69) is 16.4 Å². The Kier molecular flexibility index (Phi) is 1.78. The zero-order chi connectivity index (χ0) is 10.3. The molecule has 0 bridgehead atoms. The van der Waals surface area contributed by atoms with Gasteiger partial charge in [0.1, 0.15) is 6.10 Å². The molecule has 0 aliphatic carbocycles. The Balaban J connectivity index is 2.20. The number of aromatic nitrogens is 1. The number of hydrogen-bond acceptors (Lipinski definition) is 3. The number of fused-ring (bicyclic) bond motifs is 2. The Morgan fingerprint density at radius 2 is 2.53 bits per heavy atom. The van der Waals surface area contributed by atoms with Crippen molar-refractivity contribution in [3.63, 3.8) is 0 Å². The lowest BCUT2D eigenvalue weighted by Gasteiger charge is -2.24. The van der Waals surface area contributed by atoms with Crippen LogP contribution in [0.5, 0.6) is 5.75 Å². The summed E-state index contributed by atoms with van der Waals surface area (Å²) in [7, 11) is 0. The van der Waals surface area contributed by atoms with Gasteiger partial charge in [-0.15, -0.1) is 0 Å². The molecular weight excluding hydrogens is 188 g/mol. The number of ether oxygens (including phenoxy) is 1. The van der Waals surface area contributed by atoms with Gasteiger partial charge in [-0.05, 0) is 25.1 Å². The summed E-state index contributed by atoms with van der Waals surface area (Å²) in [5.74, 6) is 1.67. The van der Waals surface area contributed by atoms with Crippen LogP contribution in [0.15, 0.2) is 24.3 Å². The fraction of sp³-hybridized carbons (Fsp3) is 0.250. The van der Waals surface area contributed by atoms with E-state index in [1.54, 1.807) is 0 Å². The summed E-state index contributed by atoms with van der Waals surface area (Å²) in [5, 5.41) is 4.34. The summed E-state index contributed by atoms with van der Waals surface area (Å²) < 4.78 is 5.70. The second-order valence-electron chi connectivity index (χ2n) is 3.76. The van der Waals surface area contributed by atoms with Gasteiger partial charge >= 0.3 is 0 Å². The molecular formula is C12H11N2O.